The van der Waals surface area contributed by atoms with Crippen LogP contribution >= 0.6 is 11.8 Å². The van der Waals surface area contributed by atoms with Gasteiger partial charge in [-0.1, -0.05) is 30.3 Å². The molecule has 3 heterocycles. The first-order chi connectivity index (χ1) is 14.7. The molecular formula is C23H25N3O3S. The lowest BCUT2D eigenvalue weighted by Gasteiger charge is -2.34. The molecule has 6 nitrogen and oxygen atoms in total. The predicted octanol–water partition coefficient (Wildman–Crippen LogP) is 3.05. The number of carbonyl (C=O) groups is 2. The van der Waals surface area contributed by atoms with Crippen molar-refractivity contribution in [2.45, 2.75) is 23.8 Å². The van der Waals surface area contributed by atoms with Gasteiger partial charge in [0.05, 0.1) is 13.2 Å². The Hall–Kier alpha value is -2.51. The summed E-state index contributed by atoms with van der Waals surface area (Å²) >= 11 is 1.71. The first-order valence-electron chi connectivity index (χ1n) is 10.4. The molecule has 0 spiro atoms. The van der Waals surface area contributed by atoms with Crippen LogP contribution in [-0.4, -0.2) is 54.8 Å². The molecule has 2 amide bonds. The number of nitrogens with zero attached hydrogens (tertiary/aromatic N) is 2. The van der Waals surface area contributed by atoms with Crippen LogP contribution in [0.15, 0.2) is 54.6 Å². The summed E-state index contributed by atoms with van der Waals surface area (Å²) in [5.41, 5.74) is 2.99. The normalized spacial score (nSPS) is 26.0. The molecule has 5 rings (SSSR count). The first-order valence-corrected chi connectivity index (χ1v) is 11.4. The number of hydrogen-bond donors (Lipinski definition) is 1. The van der Waals surface area contributed by atoms with Crippen LogP contribution in [0.5, 0.6) is 0 Å². The molecule has 0 aliphatic carbocycles. The van der Waals surface area contributed by atoms with E-state index >= 15 is 0 Å². The van der Waals surface area contributed by atoms with Gasteiger partial charge in [-0.05, 0) is 36.2 Å². The summed E-state index contributed by atoms with van der Waals surface area (Å²) < 4.78 is 5.40. The minimum absolute atomic E-state index is 0.0617. The van der Waals surface area contributed by atoms with Crippen LogP contribution in [0.4, 0.5) is 11.4 Å². The average Bonchev–Trinajstić information content (AvgIpc) is 3.35. The molecule has 1 N–H and O–H groups in total. The van der Waals surface area contributed by atoms with E-state index in [1.165, 1.54) is 0 Å². The van der Waals surface area contributed by atoms with E-state index < -0.39 is 10.9 Å². The van der Waals surface area contributed by atoms with Crippen molar-refractivity contribution in [1.82, 2.24) is 4.90 Å². The Morgan fingerprint density at radius 1 is 1.07 bits per heavy atom. The third-order valence-corrected chi connectivity index (χ3v) is 7.76. The van der Waals surface area contributed by atoms with E-state index in [4.69, 9.17) is 4.74 Å². The van der Waals surface area contributed by atoms with Gasteiger partial charge in [0, 0.05) is 36.6 Å². The highest BCUT2D eigenvalue weighted by molar-refractivity contribution is 8.00. The smallest absolute Gasteiger partial charge is 0.248 e. The van der Waals surface area contributed by atoms with Gasteiger partial charge in [0.25, 0.3) is 0 Å². The van der Waals surface area contributed by atoms with E-state index in [-0.39, 0.29) is 11.8 Å². The lowest BCUT2D eigenvalue weighted by molar-refractivity contribution is -0.136. The summed E-state index contributed by atoms with van der Waals surface area (Å²) in [7, 11) is 0. The maximum absolute atomic E-state index is 13.1. The maximum Gasteiger partial charge on any atom is 0.248 e. The second-order valence-corrected chi connectivity index (χ2v) is 9.17. The molecule has 3 aliphatic rings. The number of benzene rings is 2. The van der Waals surface area contributed by atoms with Gasteiger partial charge >= 0.3 is 0 Å². The van der Waals surface area contributed by atoms with Gasteiger partial charge in [-0.25, -0.2) is 0 Å². The molecule has 3 fully saturated rings. The fourth-order valence-electron chi connectivity index (χ4n) is 4.64. The van der Waals surface area contributed by atoms with Crippen molar-refractivity contribution in [2.24, 2.45) is 0 Å². The van der Waals surface area contributed by atoms with E-state index in [1.54, 1.807) is 11.8 Å². The Labute approximate surface area is 180 Å². The summed E-state index contributed by atoms with van der Waals surface area (Å²) in [6, 6.07) is 17.5. The molecule has 2 aromatic rings. The Morgan fingerprint density at radius 2 is 1.80 bits per heavy atom. The lowest BCUT2D eigenvalue weighted by atomic mass is 10.0. The quantitative estimate of drug-likeness (QED) is 0.819. The molecule has 3 aliphatic heterocycles. The summed E-state index contributed by atoms with van der Waals surface area (Å²) in [5, 5.41) is 3.03. The van der Waals surface area contributed by atoms with Crippen LogP contribution in [0.1, 0.15) is 18.4 Å². The number of rotatable bonds is 4. The molecule has 3 saturated heterocycles. The SMILES string of the molecule is O=C(Nc1ccc(N2CCOCC2)cc1)[C@H]1CS[C@]2(c3ccccc3)CCC(=O)N12. The molecule has 156 valence electrons. The topological polar surface area (TPSA) is 61.9 Å². The molecule has 2 aromatic carbocycles. The maximum atomic E-state index is 13.1. The molecule has 2 atom stereocenters. The van der Waals surface area contributed by atoms with Crippen molar-refractivity contribution in [3.63, 3.8) is 0 Å². The number of morpholine rings is 1. The van der Waals surface area contributed by atoms with E-state index in [9.17, 15) is 9.59 Å². The Morgan fingerprint density at radius 3 is 2.53 bits per heavy atom. The number of fused-ring (bicyclic) bond motifs is 1. The van der Waals surface area contributed by atoms with Crippen molar-refractivity contribution in [1.29, 1.82) is 0 Å². The number of carbonyl (C=O) groups excluding carboxylic acids is 2. The second-order valence-electron chi connectivity index (χ2n) is 7.88. The second kappa shape index (κ2) is 7.96. The zero-order valence-electron chi connectivity index (χ0n) is 16.8. The minimum atomic E-state index is -0.455. The van der Waals surface area contributed by atoms with E-state index in [1.807, 2.05) is 47.4 Å². The monoisotopic (exact) mass is 423 g/mol. The Balaban J connectivity index is 1.31. The van der Waals surface area contributed by atoms with Crippen molar-refractivity contribution < 1.29 is 14.3 Å². The van der Waals surface area contributed by atoms with Crippen molar-refractivity contribution in [3.05, 3.63) is 60.2 Å². The molecular weight excluding hydrogens is 398 g/mol. The molecule has 0 bridgehead atoms. The summed E-state index contributed by atoms with van der Waals surface area (Å²) in [6.07, 6.45) is 1.23. The largest absolute Gasteiger partial charge is 0.378 e. The van der Waals surface area contributed by atoms with Gasteiger partial charge in [0.15, 0.2) is 0 Å². The number of hydrogen-bond acceptors (Lipinski definition) is 5. The van der Waals surface area contributed by atoms with Gasteiger partial charge < -0.3 is 19.9 Å². The van der Waals surface area contributed by atoms with Crippen LogP contribution in [0.2, 0.25) is 0 Å². The van der Waals surface area contributed by atoms with Crippen LogP contribution in [0.25, 0.3) is 0 Å². The molecule has 0 radical (unpaired) electrons. The van der Waals surface area contributed by atoms with Crippen LogP contribution in [-0.2, 0) is 19.2 Å². The summed E-state index contributed by atoms with van der Waals surface area (Å²) in [5.74, 6) is 0.555. The average molecular weight is 424 g/mol. The van der Waals surface area contributed by atoms with E-state index in [2.05, 4.69) is 22.3 Å². The van der Waals surface area contributed by atoms with Gasteiger partial charge in [-0.3, -0.25) is 9.59 Å². The van der Waals surface area contributed by atoms with Gasteiger partial charge in [-0.2, -0.15) is 0 Å². The summed E-state index contributed by atoms with van der Waals surface area (Å²) in [4.78, 5) is 29.5. The molecule has 30 heavy (non-hydrogen) atoms. The van der Waals surface area contributed by atoms with Crippen molar-refractivity contribution >= 4 is 35.0 Å². The predicted molar refractivity (Wildman–Crippen MR) is 119 cm³/mol. The standard InChI is InChI=1S/C23H25N3O3S/c27-21-10-11-23(17-4-2-1-3-5-17)26(21)20(16-30-23)22(28)24-18-6-8-19(9-7-18)25-12-14-29-15-13-25/h1-9,20H,10-16H2,(H,24,28)/t20-,23+/m1/s1. The molecule has 0 unspecified atom stereocenters. The highest BCUT2D eigenvalue weighted by atomic mass is 32.2. The number of amides is 2. The van der Waals surface area contributed by atoms with Crippen LogP contribution < -0.4 is 10.2 Å². The minimum Gasteiger partial charge on any atom is -0.378 e. The fraction of sp³-hybridized carbons (Fsp3) is 0.391. The number of ether oxygens (including phenoxy) is 1. The molecule has 7 heteroatoms. The lowest BCUT2D eigenvalue weighted by Crippen LogP contribution is -2.48. The fourth-order valence-corrected chi connectivity index (χ4v) is 6.29. The third kappa shape index (κ3) is 3.36. The summed E-state index contributed by atoms with van der Waals surface area (Å²) in [6.45, 7) is 3.24. The van der Waals surface area contributed by atoms with Gasteiger partial charge in [-0.15, -0.1) is 11.8 Å². The zero-order valence-corrected chi connectivity index (χ0v) is 17.6. The zero-order chi connectivity index (χ0) is 20.6. The van der Waals surface area contributed by atoms with Gasteiger partial charge in [0.1, 0.15) is 10.9 Å². The molecule has 0 aromatic heterocycles. The Bertz CT molecular complexity index is 930. The van der Waals surface area contributed by atoms with E-state index in [0.29, 0.717) is 12.2 Å². The van der Waals surface area contributed by atoms with E-state index in [0.717, 1.165) is 49.7 Å². The van der Waals surface area contributed by atoms with Crippen LogP contribution in [0, 0.1) is 0 Å². The highest BCUT2D eigenvalue weighted by Gasteiger charge is 2.56. The first kappa shape index (κ1) is 19.5. The number of thioether (sulfide) groups is 1. The van der Waals surface area contributed by atoms with Crippen LogP contribution in [0.3, 0.4) is 0 Å². The third-order valence-electron chi connectivity index (χ3n) is 6.17. The van der Waals surface area contributed by atoms with Gasteiger partial charge in [0.2, 0.25) is 11.8 Å². The van der Waals surface area contributed by atoms with Crippen molar-refractivity contribution in [3.8, 4) is 0 Å². The Kier molecular flexibility index (Phi) is 5.16. The number of anilines is 2. The highest BCUT2D eigenvalue weighted by Crippen LogP contribution is 2.54. The van der Waals surface area contributed by atoms with Crippen molar-refractivity contribution in [2.75, 3.05) is 42.3 Å². The number of nitrogens with one attached hydrogen (secondary N) is 1. The molecule has 0 saturated carbocycles.